The third-order valence-electron chi connectivity index (χ3n) is 4.78. The number of anilines is 1. The van der Waals surface area contributed by atoms with E-state index in [-0.39, 0.29) is 34.2 Å². The third-order valence-corrected chi connectivity index (χ3v) is 4.97. The highest BCUT2D eigenvalue weighted by Crippen LogP contribution is 2.40. The van der Waals surface area contributed by atoms with Crippen LogP contribution in [0.15, 0.2) is 24.3 Å². The van der Waals surface area contributed by atoms with Gasteiger partial charge in [-0.15, -0.1) is 0 Å². The maximum absolute atomic E-state index is 13.4. The molecule has 1 fully saturated rings. The van der Waals surface area contributed by atoms with Crippen molar-refractivity contribution in [3.8, 4) is 0 Å². The second kappa shape index (κ2) is 6.70. The van der Waals surface area contributed by atoms with Crippen LogP contribution in [0.5, 0.6) is 0 Å². The van der Waals surface area contributed by atoms with E-state index in [1.54, 1.807) is 6.92 Å². The summed E-state index contributed by atoms with van der Waals surface area (Å²) < 4.78 is 79.0. The zero-order valence-corrected chi connectivity index (χ0v) is 14.7. The van der Waals surface area contributed by atoms with Crippen LogP contribution in [0.1, 0.15) is 25.3 Å². The number of pyridine rings is 1. The van der Waals surface area contributed by atoms with Gasteiger partial charge in [-0.3, -0.25) is 0 Å². The first kappa shape index (κ1) is 20.0. The molecule has 1 saturated heterocycles. The predicted molar refractivity (Wildman–Crippen MR) is 88.8 cm³/mol. The summed E-state index contributed by atoms with van der Waals surface area (Å²) in [6.45, 7) is 1.66. The van der Waals surface area contributed by atoms with Gasteiger partial charge < -0.3 is 10.0 Å². The molecule has 0 bridgehead atoms. The van der Waals surface area contributed by atoms with Crippen LogP contribution in [0.25, 0.3) is 10.9 Å². The minimum atomic E-state index is -4.82. The van der Waals surface area contributed by atoms with Gasteiger partial charge in [0, 0.05) is 17.1 Å². The van der Waals surface area contributed by atoms with Gasteiger partial charge in [0.15, 0.2) is 6.10 Å². The van der Waals surface area contributed by atoms with Gasteiger partial charge in [0.2, 0.25) is 0 Å². The molecule has 0 unspecified atom stereocenters. The molecule has 3 atom stereocenters. The third kappa shape index (κ3) is 3.80. The van der Waals surface area contributed by atoms with Gasteiger partial charge in [-0.2, -0.15) is 26.3 Å². The maximum atomic E-state index is 13.4. The van der Waals surface area contributed by atoms with Crippen molar-refractivity contribution < 1.29 is 31.4 Å². The Hall–Kier alpha value is -1.74. The van der Waals surface area contributed by atoms with Crippen LogP contribution in [-0.2, 0) is 6.18 Å². The van der Waals surface area contributed by atoms with Gasteiger partial charge >= 0.3 is 12.4 Å². The van der Waals surface area contributed by atoms with Crippen molar-refractivity contribution in [2.75, 3.05) is 4.90 Å². The quantitative estimate of drug-likeness (QED) is 0.545. The van der Waals surface area contributed by atoms with Crippen molar-refractivity contribution in [2.24, 2.45) is 0 Å². The standard InChI is InChI=1S/C17H15ClF6N2O/c1-8-2-5-13(15(27)17(22,23)24)26(8)9-3-4-12-10(6-9)11(16(19,20)21)7-14(18)25-12/h3-4,6-8,13,15,27H,2,5H2,1H3/t8-,13-,15-/m1/s1. The fourth-order valence-electron chi connectivity index (χ4n) is 3.57. The average molecular weight is 413 g/mol. The lowest BCUT2D eigenvalue weighted by atomic mass is 10.1. The van der Waals surface area contributed by atoms with Crippen molar-refractivity contribution in [3.63, 3.8) is 0 Å². The molecule has 1 aliphatic heterocycles. The Morgan fingerprint density at radius 1 is 1.15 bits per heavy atom. The van der Waals surface area contributed by atoms with Gasteiger partial charge in [-0.05, 0) is 44.0 Å². The van der Waals surface area contributed by atoms with Crippen LogP contribution in [0.4, 0.5) is 32.0 Å². The fraction of sp³-hybridized carbons (Fsp3) is 0.471. The van der Waals surface area contributed by atoms with Crippen molar-refractivity contribution in [1.82, 2.24) is 4.98 Å². The summed E-state index contributed by atoms with van der Waals surface area (Å²) in [4.78, 5) is 5.17. The Morgan fingerprint density at radius 2 is 1.81 bits per heavy atom. The van der Waals surface area contributed by atoms with E-state index in [1.807, 2.05) is 0 Å². The predicted octanol–water partition coefficient (Wildman–Crippen LogP) is 5.19. The molecule has 0 amide bonds. The molecule has 0 aliphatic carbocycles. The van der Waals surface area contributed by atoms with Crippen molar-refractivity contribution in [1.29, 1.82) is 0 Å². The molecule has 0 radical (unpaired) electrons. The number of rotatable bonds is 2. The van der Waals surface area contributed by atoms with Gasteiger partial charge in [-0.1, -0.05) is 11.6 Å². The van der Waals surface area contributed by atoms with Crippen LogP contribution in [0, 0.1) is 0 Å². The topological polar surface area (TPSA) is 36.4 Å². The lowest BCUT2D eigenvalue weighted by Crippen LogP contribution is -2.48. The average Bonchev–Trinajstić information content (AvgIpc) is 2.92. The summed E-state index contributed by atoms with van der Waals surface area (Å²) in [5, 5.41) is 9.10. The first-order chi connectivity index (χ1) is 12.4. The minimum Gasteiger partial charge on any atom is -0.382 e. The summed E-state index contributed by atoms with van der Waals surface area (Å²) >= 11 is 5.66. The molecule has 27 heavy (non-hydrogen) atoms. The highest BCUT2D eigenvalue weighted by molar-refractivity contribution is 6.30. The summed E-state index contributed by atoms with van der Waals surface area (Å²) in [6, 6.07) is 2.87. The van der Waals surface area contributed by atoms with Crippen molar-refractivity contribution >= 4 is 28.2 Å². The number of nitrogens with zero attached hydrogens (tertiary/aromatic N) is 2. The lowest BCUT2D eigenvalue weighted by Gasteiger charge is -2.34. The number of halogens is 7. The Labute approximate surface area is 155 Å². The molecule has 1 N–H and O–H groups in total. The SMILES string of the molecule is C[C@@H]1CC[C@H]([C@@H](O)C(F)(F)F)N1c1ccc2nc(Cl)cc(C(F)(F)F)c2c1. The zero-order chi connectivity index (χ0) is 20.1. The number of aromatic nitrogens is 1. The maximum Gasteiger partial charge on any atom is 0.417 e. The molecule has 3 nitrogen and oxygen atoms in total. The first-order valence-corrected chi connectivity index (χ1v) is 8.48. The molecule has 0 spiro atoms. The number of alkyl halides is 6. The Kier molecular flexibility index (Phi) is 4.96. The van der Waals surface area contributed by atoms with Crippen LogP contribution >= 0.6 is 11.6 Å². The fourth-order valence-corrected chi connectivity index (χ4v) is 3.77. The minimum absolute atomic E-state index is 0.0154. The van der Waals surface area contributed by atoms with E-state index < -0.39 is 30.1 Å². The van der Waals surface area contributed by atoms with E-state index in [4.69, 9.17) is 11.6 Å². The molecule has 1 aromatic heterocycles. The molecule has 2 aromatic rings. The molecule has 3 rings (SSSR count). The lowest BCUT2D eigenvalue weighted by molar-refractivity contribution is -0.209. The Bertz CT molecular complexity index is 854. The van der Waals surface area contributed by atoms with E-state index >= 15 is 0 Å². The highest BCUT2D eigenvalue weighted by atomic mass is 35.5. The molecular weight excluding hydrogens is 398 g/mol. The van der Waals surface area contributed by atoms with E-state index in [1.165, 1.54) is 17.0 Å². The monoisotopic (exact) mass is 412 g/mol. The van der Waals surface area contributed by atoms with E-state index in [9.17, 15) is 31.4 Å². The number of aliphatic hydroxyl groups is 1. The summed E-state index contributed by atoms with van der Waals surface area (Å²) in [6.07, 6.45) is -11.7. The molecule has 0 saturated carbocycles. The van der Waals surface area contributed by atoms with Crippen LogP contribution in [-0.4, -0.2) is 34.5 Å². The highest BCUT2D eigenvalue weighted by Gasteiger charge is 2.48. The number of hydrogen-bond acceptors (Lipinski definition) is 3. The number of benzene rings is 1. The van der Waals surface area contributed by atoms with Crippen molar-refractivity contribution in [2.45, 2.75) is 50.3 Å². The normalized spacial score (nSPS) is 22.5. The van der Waals surface area contributed by atoms with E-state index in [0.29, 0.717) is 12.5 Å². The number of fused-ring (bicyclic) bond motifs is 1. The largest absolute Gasteiger partial charge is 0.417 e. The summed E-state index contributed by atoms with van der Waals surface area (Å²) in [7, 11) is 0. The summed E-state index contributed by atoms with van der Waals surface area (Å²) in [5.74, 6) is 0. The summed E-state index contributed by atoms with van der Waals surface area (Å²) in [5.41, 5.74) is -0.868. The van der Waals surface area contributed by atoms with Crippen molar-refractivity contribution in [3.05, 3.63) is 35.0 Å². The van der Waals surface area contributed by atoms with Gasteiger partial charge in [0.05, 0.1) is 17.1 Å². The van der Waals surface area contributed by atoms with Crippen LogP contribution in [0.3, 0.4) is 0 Å². The molecule has 148 valence electrons. The van der Waals surface area contributed by atoms with Gasteiger partial charge in [0.1, 0.15) is 5.15 Å². The van der Waals surface area contributed by atoms with Gasteiger partial charge in [-0.25, -0.2) is 4.98 Å². The zero-order valence-electron chi connectivity index (χ0n) is 13.9. The van der Waals surface area contributed by atoms with Gasteiger partial charge in [0.25, 0.3) is 0 Å². The molecule has 10 heteroatoms. The first-order valence-electron chi connectivity index (χ1n) is 8.10. The van der Waals surface area contributed by atoms with E-state index in [2.05, 4.69) is 4.98 Å². The number of hydrogen-bond donors (Lipinski definition) is 1. The second-order valence-corrected chi connectivity index (χ2v) is 6.97. The molecular formula is C17H15ClF6N2O. The number of aliphatic hydroxyl groups excluding tert-OH is 1. The molecule has 1 aliphatic rings. The van der Waals surface area contributed by atoms with Crippen LogP contribution < -0.4 is 4.90 Å². The Balaban J connectivity index is 2.12. The molecule has 1 aromatic carbocycles. The van der Waals surface area contributed by atoms with Crippen LogP contribution in [0.2, 0.25) is 5.15 Å². The van der Waals surface area contributed by atoms with E-state index in [0.717, 1.165) is 6.07 Å². The Morgan fingerprint density at radius 3 is 2.41 bits per heavy atom. The smallest absolute Gasteiger partial charge is 0.382 e. The molecule has 2 heterocycles. The second-order valence-electron chi connectivity index (χ2n) is 6.58.